The van der Waals surface area contributed by atoms with Crippen LogP contribution in [-0.4, -0.2) is 103 Å². The van der Waals surface area contributed by atoms with Gasteiger partial charge in [0.05, 0.1) is 19.4 Å². The summed E-state index contributed by atoms with van der Waals surface area (Å²) < 4.78 is 26.9. The van der Waals surface area contributed by atoms with Crippen LogP contribution in [0.15, 0.2) is 23.4 Å². The van der Waals surface area contributed by atoms with E-state index < -0.39 is 12.6 Å². The quantitative estimate of drug-likeness (QED) is 0.190. The molecule has 8 nitrogen and oxygen atoms in total. The molecule has 8 N–H and O–H groups in total. The molecule has 1 unspecified atom stereocenters. The van der Waals surface area contributed by atoms with Gasteiger partial charge in [0, 0.05) is 55.0 Å². The molecule has 1 heterocycles. The Morgan fingerprint density at radius 1 is 1.31 bits per heavy atom. The SMILES string of the molecule is CCN(CCO)C(N[C@@H](N)C(=C/N)/C(=C\CN)C(F)F)N(C)CN1CCSCC1. The van der Waals surface area contributed by atoms with Crippen LogP contribution < -0.4 is 22.5 Å². The van der Waals surface area contributed by atoms with Crippen LogP contribution in [-0.2, 0) is 0 Å². The van der Waals surface area contributed by atoms with E-state index in [-0.39, 0.29) is 30.6 Å². The van der Waals surface area contributed by atoms with Gasteiger partial charge < -0.3 is 22.3 Å². The predicted octanol–water partition coefficient (Wildman–Crippen LogP) is -0.610. The van der Waals surface area contributed by atoms with Crippen molar-refractivity contribution in [3.63, 3.8) is 0 Å². The summed E-state index contributed by atoms with van der Waals surface area (Å²) >= 11 is 1.93. The second-order valence-corrected chi connectivity index (χ2v) is 8.04. The topological polar surface area (TPSA) is 120 Å². The zero-order chi connectivity index (χ0) is 21.8. The smallest absolute Gasteiger partial charge is 0.264 e. The highest BCUT2D eigenvalue weighted by Gasteiger charge is 2.28. The Bertz CT molecular complexity index is 518. The zero-order valence-corrected chi connectivity index (χ0v) is 18.3. The van der Waals surface area contributed by atoms with Crippen molar-refractivity contribution in [1.82, 2.24) is 20.0 Å². The van der Waals surface area contributed by atoms with Crippen molar-refractivity contribution in [2.24, 2.45) is 17.2 Å². The van der Waals surface area contributed by atoms with E-state index in [1.807, 2.05) is 30.6 Å². The first kappa shape index (κ1) is 26.2. The Balaban J connectivity index is 3.00. The molecule has 0 aliphatic carbocycles. The summed E-state index contributed by atoms with van der Waals surface area (Å²) in [5.74, 6) is 2.17. The van der Waals surface area contributed by atoms with E-state index in [2.05, 4.69) is 15.1 Å². The number of rotatable bonds is 13. The van der Waals surface area contributed by atoms with Crippen molar-refractivity contribution in [3.8, 4) is 0 Å². The molecule has 0 aromatic rings. The number of nitrogens with two attached hydrogens (primary N) is 3. The van der Waals surface area contributed by atoms with E-state index in [1.165, 1.54) is 6.08 Å². The largest absolute Gasteiger partial charge is 0.404 e. The van der Waals surface area contributed by atoms with Crippen LogP contribution in [0, 0.1) is 0 Å². The monoisotopic (exact) mass is 437 g/mol. The van der Waals surface area contributed by atoms with Gasteiger partial charge in [0.15, 0.2) is 0 Å². The molecular formula is C18H37F2N7OS. The van der Waals surface area contributed by atoms with Gasteiger partial charge in [-0.15, -0.1) is 0 Å². The van der Waals surface area contributed by atoms with Gasteiger partial charge in [0.2, 0.25) is 0 Å². The first-order valence-electron chi connectivity index (χ1n) is 9.86. The first-order valence-corrected chi connectivity index (χ1v) is 11.0. The van der Waals surface area contributed by atoms with Crippen LogP contribution in [0.25, 0.3) is 0 Å². The standard InChI is InChI=1S/C18H37F2N7OS/c1-3-27(6-9-28)18(25(2)13-26-7-10-29-11-8-26)24-17(23)15(12-22)14(4-5-21)16(19)20/h4,12,16-18,24,28H,3,5-11,13,21-23H2,1-2H3/b14-4+,15-12+/t17-,18?/m1/s1. The Labute approximate surface area is 177 Å². The number of alkyl halides is 2. The van der Waals surface area contributed by atoms with Crippen molar-refractivity contribution >= 4 is 11.8 Å². The fourth-order valence-corrected chi connectivity index (χ4v) is 4.30. The number of nitrogens with one attached hydrogen (secondary N) is 1. The first-order chi connectivity index (χ1) is 13.9. The summed E-state index contributed by atoms with van der Waals surface area (Å²) in [6.45, 7) is 5.65. The van der Waals surface area contributed by atoms with Crippen LogP contribution in [0.4, 0.5) is 8.78 Å². The molecule has 170 valence electrons. The zero-order valence-electron chi connectivity index (χ0n) is 17.4. The molecule has 0 aromatic carbocycles. The fraction of sp³-hybridized carbons (Fsp3) is 0.778. The van der Waals surface area contributed by atoms with Crippen molar-refractivity contribution in [2.75, 3.05) is 64.6 Å². The summed E-state index contributed by atoms with van der Waals surface area (Å²) in [6, 6.07) is 0. The molecule has 0 saturated carbocycles. The third kappa shape index (κ3) is 8.46. The highest BCUT2D eigenvalue weighted by Crippen LogP contribution is 2.20. The van der Waals surface area contributed by atoms with Crippen molar-refractivity contribution < 1.29 is 13.9 Å². The average molecular weight is 438 g/mol. The maximum atomic E-state index is 13.5. The Morgan fingerprint density at radius 2 is 1.97 bits per heavy atom. The highest BCUT2D eigenvalue weighted by molar-refractivity contribution is 7.99. The molecule has 0 spiro atoms. The van der Waals surface area contributed by atoms with Crippen LogP contribution in [0.3, 0.4) is 0 Å². The number of nitrogens with zero attached hydrogens (tertiary/aromatic N) is 3. The maximum Gasteiger partial charge on any atom is 0.264 e. The van der Waals surface area contributed by atoms with Gasteiger partial charge in [0.1, 0.15) is 6.29 Å². The van der Waals surface area contributed by atoms with Crippen LogP contribution >= 0.6 is 11.8 Å². The van der Waals surface area contributed by atoms with E-state index >= 15 is 0 Å². The minimum Gasteiger partial charge on any atom is -0.404 e. The van der Waals surface area contributed by atoms with E-state index in [1.54, 1.807) is 0 Å². The number of aliphatic hydroxyl groups excluding tert-OH is 1. The fourth-order valence-electron chi connectivity index (χ4n) is 3.32. The Morgan fingerprint density at radius 3 is 2.45 bits per heavy atom. The molecule has 2 atom stereocenters. The third-order valence-corrected chi connectivity index (χ3v) is 5.78. The minimum absolute atomic E-state index is 0.0234. The Hall–Kier alpha value is -0.790. The number of thioether (sulfide) groups is 1. The van der Waals surface area contributed by atoms with E-state index in [0.717, 1.165) is 30.8 Å². The van der Waals surface area contributed by atoms with Crippen LogP contribution in [0.1, 0.15) is 6.92 Å². The molecule has 0 aromatic heterocycles. The molecule has 1 aliphatic rings. The molecule has 1 saturated heterocycles. The number of halogens is 2. The van der Waals surface area contributed by atoms with Crippen LogP contribution in [0.5, 0.6) is 0 Å². The summed E-state index contributed by atoms with van der Waals surface area (Å²) in [6.07, 6.45) is -1.69. The van der Waals surface area contributed by atoms with E-state index in [4.69, 9.17) is 17.2 Å². The molecule has 11 heteroatoms. The number of hydrogen-bond acceptors (Lipinski definition) is 9. The van der Waals surface area contributed by atoms with Gasteiger partial charge in [-0.05, 0) is 13.6 Å². The molecule has 1 fully saturated rings. The van der Waals surface area contributed by atoms with Gasteiger partial charge in [-0.25, -0.2) is 8.78 Å². The highest BCUT2D eigenvalue weighted by atomic mass is 32.2. The second kappa shape index (κ2) is 14.3. The number of likely N-dealkylation sites (N-methyl/N-ethyl adjacent to an activating group) is 1. The molecule has 0 amide bonds. The summed E-state index contributed by atoms with van der Waals surface area (Å²) in [7, 11) is 1.95. The molecule has 0 bridgehead atoms. The van der Waals surface area contributed by atoms with Gasteiger partial charge in [0.25, 0.3) is 6.43 Å². The van der Waals surface area contributed by atoms with Gasteiger partial charge >= 0.3 is 0 Å². The van der Waals surface area contributed by atoms with Gasteiger partial charge in [-0.2, -0.15) is 11.8 Å². The summed E-state index contributed by atoms with van der Waals surface area (Å²) in [5, 5.41) is 12.7. The van der Waals surface area contributed by atoms with Crippen molar-refractivity contribution in [3.05, 3.63) is 23.4 Å². The molecule has 0 radical (unpaired) electrons. The van der Waals surface area contributed by atoms with Crippen molar-refractivity contribution in [2.45, 2.75) is 25.8 Å². The lowest BCUT2D eigenvalue weighted by atomic mass is 10.0. The summed E-state index contributed by atoms with van der Waals surface area (Å²) in [5.41, 5.74) is 17.2. The van der Waals surface area contributed by atoms with Crippen LogP contribution in [0.2, 0.25) is 0 Å². The molecule has 1 aliphatic heterocycles. The van der Waals surface area contributed by atoms with Gasteiger partial charge in [-0.3, -0.25) is 20.0 Å². The minimum atomic E-state index is -2.73. The molecule has 1 rings (SSSR count). The van der Waals surface area contributed by atoms with Crippen molar-refractivity contribution in [1.29, 1.82) is 0 Å². The average Bonchev–Trinajstić information content (AvgIpc) is 2.71. The number of hydrogen-bond donors (Lipinski definition) is 5. The van der Waals surface area contributed by atoms with E-state index in [9.17, 15) is 13.9 Å². The molecule has 29 heavy (non-hydrogen) atoms. The maximum absolute atomic E-state index is 13.5. The summed E-state index contributed by atoms with van der Waals surface area (Å²) in [4.78, 5) is 6.40. The normalized spacial score (nSPS) is 19.4. The number of aliphatic hydroxyl groups is 1. The molecular weight excluding hydrogens is 400 g/mol. The van der Waals surface area contributed by atoms with E-state index in [0.29, 0.717) is 19.8 Å². The second-order valence-electron chi connectivity index (χ2n) is 6.82. The van der Waals surface area contributed by atoms with Gasteiger partial charge in [-0.1, -0.05) is 13.0 Å². The Kier molecular flexibility index (Phi) is 12.9. The predicted molar refractivity (Wildman–Crippen MR) is 116 cm³/mol. The lowest BCUT2D eigenvalue weighted by molar-refractivity contribution is -0.00694. The lowest BCUT2D eigenvalue weighted by Crippen LogP contribution is -2.62. The lowest BCUT2D eigenvalue weighted by Gasteiger charge is -2.42. The third-order valence-electron chi connectivity index (χ3n) is 4.83.